The van der Waals surface area contributed by atoms with Crippen LogP contribution in [0.5, 0.6) is 5.75 Å². The molecule has 2 heterocycles. The van der Waals surface area contributed by atoms with Crippen molar-refractivity contribution in [1.29, 1.82) is 0 Å². The zero-order valence-electron chi connectivity index (χ0n) is 13.7. The zero-order valence-corrected chi connectivity index (χ0v) is 13.7. The van der Waals surface area contributed by atoms with Crippen LogP contribution in [-0.2, 0) is 12.7 Å². The summed E-state index contributed by atoms with van der Waals surface area (Å²) in [7, 11) is 0. The number of nitrogens with one attached hydrogen (secondary N) is 1. The fourth-order valence-electron chi connectivity index (χ4n) is 4.16. The molecule has 25 heavy (non-hydrogen) atoms. The first-order chi connectivity index (χ1) is 12.0. The summed E-state index contributed by atoms with van der Waals surface area (Å²) in [4.78, 5) is 9.80. The van der Waals surface area contributed by atoms with E-state index in [1.807, 2.05) is 0 Å². The summed E-state index contributed by atoms with van der Waals surface area (Å²) in [6, 6.07) is 5.85. The Balaban J connectivity index is 1.44. The maximum atomic E-state index is 12.8. The van der Waals surface area contributed by atoms with Crippen LogP contribution in [0.4, 0.5) is 13.2 Å². The highest BCUT2D eigenvalue weighted by Gasteiger charge is 2.46. The molecule has 0 radical (unpaired) electrons. The molecule has 1 aromatic heterocycles. The summed E-state index contributed by atoms with van der Waals surface area (Å²) < 4.78 is 44.2. The minimum absolute atomic E-state index is 0.221. The van der Waals surface area contributed by atoms with E-state index in [2.05, 4.69) is 14.9 Å². The fourth-order valence-corrected chi connectivity index (χ4v) is 4.16. The highest BCUT2D eigenvalue weighted by molar-refractivity contribution is 5.30. The van der Waals surface area contributed by atoms with Crippen LogP contribution in [-0.4, -0.2) is 33.6 Å². The SMILES string of the molecule is FC(F)(F)c1cccc(OC[C@H]2[C@@H]3CC[C@@H](C3)N2Cc2ncc[nH]2)c1. The average Bonchev–Trinajstić information content (AvgIpc) is 3.30. The molecule has 1 saturated heterocycles. The van der Waals surface area contributed by atoms with Crippen LogP contribution in [0.15, 0.2) is 36.7 Å². The fraction of sp³-hybridized carbons (Fsp3) is 0.500. The highest BCUT2D eigenvalue weighted by Crippen LogP contribution is 2.43. The van der Waals surface area contributed by atoms with Crippen molar-refractivity contribution >= 4 is 0 Å². The van der Waals surface area contributed by atoms with Crippen LogP contribution in [0.25, 0.3) is 0 Å². The van der Waals surface area contributed by atoms with Gasteiger partial charge in [-0.25, -0.2) is 4.98 Å². The van der Waals surface area contributed by atoms with Crippen LogP contribution in [0.3, 0.4) is 0 Å². The Kier molecular flexibility index (Phi) is 4.19. The number of nitrogens with zero attached hydrogens (tertiary/aromatic N) is 2. The number of hydrogen-bond acceptors (Lipinski definition) is 3. The number of alkyl halides is 3. The third kappa shape index (κ3) is 3.38. The number of ether oxygens (including phenoxy) is 1. The highest BCUT2D eigenvalue weighted by atomic mass is 19.4. The summed E-state index contributed by atoms with van der Waals surface area (Å²) >= 11 is 0. The Morgan fingerprint density at radius 2 is 2.16 bits per heavy atom. The van der Waals surface area contributed by atoms with Gasteiger partial charge in [0.2, 0.25) is 0 Å². The predicted molar refractivity (Wildman–Crippen MR) is 86.0 cm³/mol. The van der Waals surface area contributed by atoms with Crippen molar-refractivity contribution in [2.45, 2.75) is 44.1 Å². The Hall–Kier alpha value is -2.02. The normalized spacial score (nSPS) is 26.3. The number of imidazole rings is 1. The lowest BCUT2D eigenvalue weighted by atomic mass is 9.99. The van der Waals surface area contributed by atoms with Crippen LogP contribution in [0, 0.1) is 5.92 Å². The van der Waals surface area contributed by atoms with E-state index in [1.165, 1.54) is 12.5 Å². The zero-order chi connectivity index (χ0) is 17.4. The second-order valence-electron chi connectivity index (χ2n) is 6.84. The van der Waals surface area contributed by atoms with E-state index < -0.39 is 11.7 Å². The van der Waals surface area contributed by atoms with Gasteiger partial charge in [0.05, 0.1) is 12.1 Å². The molecular formula is C18H20F3N3O. The van der Waals surface area contributed by atoms with Crippen molar-refractivity contribution in [3.63, 3.8) is 0 Å². The molecule has 7 heteroatoms. The Morgan fingerprint density at radius 3 is 2.92 bits per heavy atom. The molecule has 134 valence electrons. The van der Waals surface area contributed by atoms with Gasteiger partial charge in [-0.05, 0) is 43.4 Å². The first-order valence-corrected chi connectivity index (χ1v) is 8.55. The molecule has 2 aliphatic rings. The molecule has 2 fully saturated rings. The van der Waals surface area contributed by atoms with Crippen LogP contribution < -0.4 is 4.74 Å². The van der Waals surface area contributed by atoms with Crippen molar-refractivity contribution < 1.29 is 17.9 Å². The molecule has 2 aromatic rings. The standard InChI is InChI=1S/C18H20F3N3O/c19-18(20,21)13-2-1-3-15(9-13)25-11-16-12-4-5-14(8-12)24(16)10-17-22-6-7-23-17/h1-3,6-7,9,12,14,16H,4-5,8,10-11H2,(H,22,23)/t12-,14+,16+/m1/s1. The molecule has 0 amide bonds. The number of halogens is 3. The van der Waals surface area contributed by atoms with Gasteiger partial charge in [0.1, 0.15) is 18.2 Å². The first-order valence-electron chi connectivity index (χ1n) is 8.55. The lowest BCUT2D eigenvalue weighted by Gasteiger charge is -2.34. The Morgan fingerprint density at radius 1 is 1.28 bits per heavy atom. The smallest absolute Gasteiger partial charge is 0.416 e. The van der Waals surface area contributed by atoms with E-state index in [1.54, 1.807) is 18.5 Å². The number of hydrogen-bond donors (Lipinski definition) is 1. The summed E-state index contributed by atoms with van der Waals surface area (Å²) in [5.41, 5.74) is -0.676. The quantitative estimate of drug-likeness (QED) is 0.889. The van der Waals surface area contributed by atoms with E-state index in [0.29, 0.717) is 18.6 Å². The van der Waals surface area contributed by atoms with E-state index in [-0.39, 0.29) is 11.8 Å². The second-order valence-corrected chi connectivity index (χ2v) is 6.84. The number of rotatable bonds is 5. The second kappa shape index (κ2) is 6.37. The Bertz CT molecular complexity index is 717. The van der Waals surface area contributed by atoms with Gasteiger partial charge < -0.3 is 9.72 Å². The summed E-state index contributed by atoms with van der Waals surface area (Å²) in [6.45, 7) is 1.13. The third-order valence-electron chi connectivity index (χ3n) is 5.35. The van der Waals surface area contributed by atoms with Gasteiger partial charge in [-0.15, -0.1) is 0 Å². The summed E-state index contributed by atoms with van der Waals surface area (Å²) in [6.07, 6.45) is 2.66. The van der Waals surface area contributed by atoms with Crippen LogP contribution >= 0.6 is 0 Å². The molecule has 3 atom stereocenters. The lowest BCUT2D eigenvalue weighted by molar-refractivity contribution is -0.137. The van der Waals surface area contributed by atoms with E-state index in [4.69, 9.17) is 4.74 Å². The number of benzene rings is 1. The number of fused-ring (bicyclic) bond motifs is 2. The predicted octanol–water partition coefficient (Wildman–Crippen LogP) is 3.86. The summed E-state index contributed by atoms with van der Waals surface area (Å²) in [5, 5.41) is 0. The van der Waals surface area contributed by atoms with Crippen molar-refractivity contribution in [3.8, 4) is 5.75 Å². The van der Waals surface area contributed by atoms with Gasteiger partial charge >= 0.3 is 6.18 Å². The molecule has 2 bridgehead atoms. The van der Waals surface area contributed by atoms with Crippen LogP contribution in [0.1, 0.15) is 30.7 Å². The molecule has 4 nitrogen and oxygen atoms in total. The maximum absolute atomic E-state index is 12.8. The number of likely N-dealkylation sites (tertiary alicyclic amines) is 1. The molecule has 1 saturated carbocycles. The molecule has 1 aromatic carbocycles. The van der Waals surface area contributed by atoms with Gasteiger partial charge in [0, 0.05) is 24.5 Å². The number of H-pyrrole nitrogens is 1. The van der Waals surface area contributed by atoms with Gasteiger partial charge in [-0.1, -0.05) is 6.07 Å². The van der Waals surface area contributed by atoms with Crippen molar-refractivity contribution in [1.82, 2.24) is 14.9 Å². The van der Waals surface area contributed by atoms with E-state index in [0.717, 1.165) is 37.3 Å². The topological polar surface area (TPSA) is 41.1 Å². The lowest BCUT2D eigenvalue weighted by Crippen LogP contribution is -2.43. The maximum Gasteiger partial charge on any atom is 0.416 e. The van der Waals surface area contributed by atoms with Gasteiger partial charge in [0.15, 0.2) is 0 Å². The van der Waals surface area contributed by atoms with Gasteiger partial charge in [0.25, 0.3) is 0 Å². The summed E-state index contributed by atoms with van der Waals surface area (Å²) in [5.74, 6) is 1.73. The van der Waals surface area contributed by atoms with Gasteiger partial charge in [-0.3, -0.25) is 4.90 Å². The molecular weight excluding hydrogens is 331 g/mol. The number of piperidine rings is 1. The molecule has 0 unspecified atom stereocenters. The first kappa shape index (κ1) is 16.4. The molecule has 1 aliphatic carbocycles. The third-order valence-corrected chi connectivity index (χ3v) is 5.35. The molecule has 0 spiro atoms. The van der Waals surface area contributed by atoms with Crippen molar-refractivity contribution in [2.75, 3.05) is 6.61 Å². The van der Waals surface area contributed by atoms with Crippen molar-refractivity contribution in [2.24, 2.45) is 5.92 Å². The minimum Gasteiger partial charge on any atom is -0.492 e. The largest absolute Gasteiger partial charge is 0.492 e. The van der Waals surface area contributed by atoms with E-state index in [9.17, 15) is 13.2 Å². The molecule has 1 aliphatic heterocycles. The Labute approximate surface area is 144 Å². The van der Waals surface area contributed by atoms with Crippen LogP contribution in [0.2, 0.25) is 0 Å². The monoisotopic (exact) mass is 351 g/mol. The average molecular weight is 351 g/mol. The van der Waals surface area contributed by atoms with Gasteiger partial charge in [-0.2, -0.15) is 13.2 Å². The minimum atomic E-state index is -4.35. The van der Waals surface area contributed by atoms with E-state index >= 15 is 0 Å². The van der Waals surface area contributed by atoms with Crippen molar-refractivity contribution in [3.05, 3.63) is 48.0 Å². The number of aromatic nitrogens is 2. The molecule has 4 rings (SSSR count). The number of aromatic amines is 1. The molecule has 1 N–H and O–H groups in total.